The molecule has 0 amide bonds. The molecule has 2 aliphatic rings. The minimum absolute atomic E-state index is 0.118. The van der Waals surface area contributed by atoms with Crippen molar-refractivity contribution >= 4 is 15.7 Å². The summed E-state index contributed by atoms with van der Waals surface area (Å²) in [5.74, 6) is 0.248. The van der Waals surface area contributed by atoms with Crippen LogP contribution in [0.1, 0.15) is 46.1 Å². The van der Waals surface area contributed by atoms with E-state index in [1.807, 2.05) is 24.3 Å². The quantitative estimate of drug-likeness (QED) is 0.905. The molecule has 2 saturated heterocycles. The number of anilines is 1. The van der Waals surface area contributed by atoms with E-state index in [4.69, 9.17) is 4.74 Å². The van der Waals surface area contributed by atoms with Gasteiger partial charge in [-0.2, -0.15) is 0 Å². The van der Waals surface area contributed by atoms with Crippen molar-refractivity contribution in [1.82, 2.24) is 5.32 Å². The molecule has 1 aromatic carbocycles. The Kier molecular flexibility index (Phi) is 4.43. The predicted octanol–water partition coefficient (Wildman–Crippen LogP) is 2.66. The first kappa shape index (κ1) is 17.7. The van der Waals surface area contributed by atoms with Crippen LogP contribution in [-0.4, -0.2) is 38.0 Å². The molecule has 2 heterocycles. The van der Waals surface area contributed by atoms with E-state index in [0.29, 0.717) is 19.5 Å². The molecule has 6 heteroatoms. The number of nitrogens with zero attached hydrogens (tertiary/aromatic N) is 1. The fourth-order valence-corrected chi connectivity index (χ4v) is 5.43. The molecule has 2 aliphatic heterocycles. The Morgan fingerprint density at radius 2 is 2.04 bits per heavy atom. The second kappa shape index (κ2) is 6.00. The van der Waals surface area contributed by atoms with Gasteiger partial charge in [0.25, 0.3) is 0 Å². The minimum Gasteiger partial charge on any atom is -0.368 e. The van der Waals surface area contributed by atoms with Crippen LogP contribution in [0.15, 0.2) is 24.3 Å². The monoisotopic (exact) mass is 352 g/mol. The van der Waals surface area contributed by atoms with Crippen LogP contribution in [0.5, 0.6) is 0 Å². The predicted molar refractivity (Wildman–Crippen MR) is 96.7 cm³/mol. The molecular weight excluding hydrogens is 324 g/mol. The standard InChI is InChI=1S/C18H28N2O3S/c1-17(2)12-16(18(3,4)23-17)19-13-14-7-5-8-15(11-14)20-9-6-10-24(20,21)22/h5,7-8,11,16,19H,6,9-10,12-13H2,1-4H3. The maximum absolute atomic E-state index is 12.1. The maximum atomic E-state index is 12.1. The zero-order valence-electron chi connectivity index (χ0n) is 15.0. The normalized spacial score (nSPS) is 27.5. The Hall–Kier alpha value is -1.11. The van der Waals surface area contributed by atoms with Gasteiger partial charge in [0, 0.05) is 19.1 Å². The summed E-state index contributed by atoms with van der Waals surface area (Å²) in [6.45, 7) is 9.76. The summed E-state index contributed by atoms with van der Waals surface area (Å²) >= 11 is 0. The van der Waals surface area contributed by atoms with Crippen molar-refractivity contribution in [3.63, 3.8) is 0 Å². The first-order valence-corrected chi connectivity index (χ1v) is 10.2. The Balaban J connectivity index is 1.70. The molecule has 0 bridgehead atoms. The van der Waals surface area contributed by atoms with E-state index in [2.05, 4.69) is 33.0 Å². The highest BCUT2D eigenvalue weighted by molar-refractivity contribution is 7.93. The van der Waals surface area contributed by atoms with Crippen LogP contribution in [0, 0.1) is 0 Å². The number of sulfonamides is 1. The van der Waals surface area contributed by atoms with Gasteiger partial charge in [-0.05, 0) is 58.2 Å². The summed E-state index contributed by atoms with van der Waals surface area (Å²) in [7, 11) is -3.13. The number of rotatable bonds is 4. The van der Waals surface area contributed by atoms with Gasteiger partial charge in [-0.15, -0.1) is 0 Å². The van der Waals surface area contributed by atoms with E-state index in [1.165, 1.54) is 4.31 Å². The molecule has 134 valence electrons. The van der Waals surface area contributed by atoms with Crippen LogP contribution < -0.4 is 9.62 Å². The number of nitrogens with one attached hydrogen (secondary N) is 1. The third-order valence-corrected chi connectivity index (χ3v) is 6.79. The van der Waals surface area contributed by atoms with E-state index in [1.54, 1.807) is 0 Å². The van der Waals surface area contributed by atoms with E-state index in [9.17, 15) is 8.42 Å². The number of benzene rings is 1. The van der Waals surface area contributed by atoms with Crippen molar-refractivity contribution in [3.8, 4) is 0 Å². The highest BCUT2D eigenvalue weighted by atomic mass is 32.2. The third-order valence-electron chi connectivity index (χ3n) is 4.92. The van der Waals surface area contributed by atoms with Crippen LogP contribution in [0.2, 0.25) is 0 Å². The Labute approximate surface area is 145 Å². The van der Waals surface area contributed by atoms with Gasteiger partial charge in [0.15, 0.2) is 0 Å². The highest BCUT2D eigenvalue weighted by Crippen LogP contribution is 2.37. The number of ether oxygens (including phenoxy) is 1. The average Bonchev–Trinajstić information content (AvgIpc) is 2.91. The fraction of sp³-hybridized carbons (Fsp3) is 0.667. The van der Waals surface area contributed by atoms with Gasteiger partial charge >= 0.3 is 0 Å². The molecule has 0 aromatic heterocycles. The van der Waals surface area contributed by atoms with Crippen molar-refractivity contribution in [1.29, 1.82) is 0 Å². The first-order chi connectivity index (χ1) is 11.1. The molecule has 3 rings (SSSR count). The summed E-state index contributed by atoms with van der Waals surface area (Å²) in [6.07, 6.45) is 1.66. The van der Waals surface area contributed by atoms with Crippen LogP contribution >= 0.6 is 0 Å². The lowest BCUT2D eigenvalue weighted by molar-refractivity contribution is -0.0699. The molecule has 24 heavy (non-hydrogen) atoms. The topological polar surface area (TPSA) is 58.6 Å². The van der Waals surface area contributed by atoms with E-state index >= 15 is 0 Å². The van der Waals surface area contributed by atoms with Gasteiger partial charge < -0.3 is 10.1 Å². The smallest absolute Gasteiger partial charge is 0.235 e. The molecule has 1 atom stereocenters. The van der Waals surface area contributed by atoms with Gasteiger partial charge in [0.1, 0.15) is 0 Å². The molecule has 2 fully saturated rings. The molecule has 0 spiro atoms. The van der Waals surface area contributed by atoms with Crippen LogP contribution in [-0.2, 0) is 21.3 Å². The van der Waals surface area contributed by atoms with Gasteiger partial charge in [0.2, 0.25) is 10.0 Å². The number of hydrogen-bond acceptors (Lipinski definition) is 4. The molecule has 1 aromatic rings. The molecule has 0 saturated carbocycles. The molecule has 1 N–H and O–H groups in total. The number of hydrogen-bond donors (Lipinski definition) is 1. The minimum atomic E-state index is -3.13. The SMILES string of the molecule is CC1(C)CC(NCc2cccc(N3CCCS3(=O)=O)c2)C(C)(C)O1. The zero-order chi connectivity index (χ0) is 17.6. The summed E-state index contributed by atoms with van der Waals surface area (Å²) in [6, 6.07) is 8.09. The summed E-state index contributed by atoms with van der Waals surface area (Å²) < 4.78 is 31.8. The zero-order valence-corrected chi connectivity index (χ0v) is 15.8. The van der Waals surface area contributed by atoms with Crippen LogP contribution in [0.4, 0.5) is 5.69 Å². The third kappa shape index (κ3) is 3.60. The van der Waals surface area contributed by atoms with E-state index < -0.39 is 10.0 Å². The molecule has 5 nitrogen and oxygen atoms in total. The van der Waals surface area contributed by atoms with Crippen molar-refractivity contribution in [2.45, 2.75) is 64.3 Å². The van der Waals surface area contributed by atoms with Crippen molar-refractivity contribution in [2.75, 3.05) is 16.6 Å². The maximum Gasteiger partial charge on any atom is 0.235 e. The molecular formula is C18H28N2O3S. The Bertz CT molecular complexity index is 713. The first-order valence-electron chi connectivity index (χ1n) is 8.62. The van der Waals surface area contributed by atoms with E-state index in [-0.39, 0.29) is 23.0 Å². The lowest BCUT2D eigenvalue weighted by atomic mass is 9.94. The van der Waals surface area contributed by atoms with Crippen LogP contribution in [0.25, 0.3) is 0 Å². The lowest BCUT2D eigenvalue weighted by Gasteiger charge is -2.28. The van der Waals surface area contributed by atoms with Crippen molar-refractivity contribution in [2.24, 2.45) is 0 Å². The molecule has 0 aliphatic carbocycles. The van der Waals surface area contributed by atoms with Crippen LogP contribution in [0.3, 0.4) is 0 Å². The largest absolute Gasteiger partial charge is 0.368 e. The van der Waals surface area contributed by atoms with Crippen molar-refractivity contribution in [3.05, 3.63) is 29.8 Å². The fourth-order valence-electron chi connectivity index (χ4n) is 3.87. The van der Waals surface area contributed by atoms with Gasteiger partial charge in [-0.3, -0.25) is 4.31 Å². The Morgan fingerprint density at radius 1 is 1.29 bits per heavy atom. The molecule has 0 radical (unpaired) electrons. The Morgan fingerprint density at radius 3 is 2.62 bits per heavy atom. The second-order valence-corrected chi connectivity index (χ2v) is 10.0. The average molecular weight is 353 g/mol. The van der Waals surface area contributed by atoms with E-state index in [0.717, 1.165) is 17.7 Å². The summed E-state index contributed by atoms with van der Waals surface area (Å²) in [5.41, 5.74) is 1.54. The van der Waals surface area contributed by atoms with Gasteiger partial charge in [0.05, 0.1) is 22.6 Å². The lowest BCUT2D eigenvalue weighted by Crippen LogP contribution is -2.42. The molecule has 1 unspecified atom stereocenters. The highest BCUT2D eigenvalue weighted by Gasteiger charge is 2.45. The van der Waals surface area contributed by atoms with Crippen molar-refractivity contribution < 1.29 is 13.2 Å². The summed E-state index contributed by atoms with van der Waals surface area (Å²) in [4.78, 5) is 0. The summed E-state index contributed by atoms with van der Waals surface area (Å²) in [5, 5.41) is 3.59. The van der Waals surface area contributed by atoms with Gasteiger partial charge in [-0.25, -0.2) is 8.42 Å². The van der Waals surface area contributed by atoms with Gasteiger partial charge in [-0.1, -0.05) is 12.1 Å². The second-order valence-electron chi connectivity index (χ2n) is 8.01.